The SMILES string of the molecule is CC(O)c1nccn1C(C#Cc1ccc(-c2ccc(OC3COC(F)(F)C3O)cc2)cc1)CO. The Morgan fingerprint density at radius 3 is 2.38 bits per heavy atom. The van der Waals surface area contributed by atoms with Crippen molar-refractivity contribution in [1.82, 2.24) is 9.55 Å². The summed E-state index contributed by atoms with van der Waals surface area (Å²) < 4.78 is 37.9. The fraction of sp³-hybridized carbons (Fsp3) is 0.320. The summed E-state index contributed by atoms with van der Waals surface area (Å²) in [5.41, 5.74) is 2.54. The molecule has 1 saturated heterocycles. The van der Waals surface area contributed by atoms with Gasteiger partial charge in [0.15, 0.2) is 12.2 Å². The zero-order valence-corrected chi connectivity index (χ0v) is 18.3. The maximum atomic E-state index is 13.3. The Bertz CT molecular complexity index is 1170. The normalized spacial score (nSPS) is 20.9. The first-order valence-electron chi connectivity index (χ1n) is 10.7. The molecule has 4 unspecified atom stereocenters. The van der Waals surface area contributed by atoms with Crippen LogP contribution in [0.1, 0.15) is 30.5 Å². The van der Waals surface area contributed by atoms with Gasteiger partial charge in [0.25, 0.3) is 0 Å². The number of halogens is 2. The van der Waals surface area contributed by atoms with Crippen molar-refractivity contribution < 1.29 is 33.6 Å². The maximum Gasteiger partial charge on any atom is 0.385 e. The molecule has 0 saturated carbocycles. The molecule has 4 rings (SSSR count). The molecule has 1 aliphatic rings. The molecule has 34 heavy (non-hydrogen) atoms. The van der Waals surface area contributed by atoms with E-state index >= 15 is 0 Å². The van der Waals surface area contributed by atoms with Crippen LogP contribution in [0.25, 0.3) is 11.1 Å². The summed E-state index contributed by atoms with van der Waals surface area (Å²) in [6.45, 7) is 0.983. The van der Waals surface area contributed by atoms with Crippen molar-refractivity contribution in [2.45, 2.75) is 37.4 Å². The number of benzene rings is 2. The highest BCUT2D eigenvalue weighted by Gasteiger charge is 2.52. The molecule has 0 spiro atoms. The van der Waals surface area contributed by atoms with Crippen molar-refractivity contribution in [3.8, 4) is 28.7 Å². The number of aromatic nitrogens is 2. The summed E-state index contributed by atoms with van der Waals surface area (Å²) in [4.78, 5) is 4.10. The van der Waals surface area contributed by atoms with Crippen molar-refractivity contribution in [2.75, 3.05) is 13.2 Å². The van der Waals surface area contributed by atoms with E-state index in [-0.39, 0.29) is 6.61 Å². The highest BCUT2D eigenvalue weighted by molar-refractivity contribution is 5.65. The van der Waals surface area contributed by atoms with Crippen LogP contribution in [0.2, 0.25) is 0 Å². The lowest BCUT2D eigenvalue weighted by molar-refractivity contribution is -0.248. The third-order valence-corrected chi connectivity index (χ3v) is 5.46. The van der Waals surface area contributed by atoms with Crippen LogP contribution in [-0.2, 0) is 4.74 Å². The summed E-state index contributed by atoms with van der Waals surface area (Å²) in [5, 5.41) is 29.1. The molecule has 9 heteroatoms. The third kappa shape index (κ3) is 5.11. The Labute approximate surface area is 195 Å². The van der Waals surface area contributed by atoms with Gasteiger partial charge in [-0.2, -0.15) is 8.78 Å². The standard InChI is InChI=1S/C25H24F2N2O5/c1-16(31)24-28-12-13-29(24)20(14-30)9-4-17-2-5-18(6-3-17)19-7-10-21(11-8-19)34-22-15-33-25(26,27)23(22)32/h2-3,5-8,10-13,16,20,22-23,30-32H,14-15H2,1H3. The number of hydrogen-bond donors (Lipinski definition) is 3. The van der Waals surface area contributed by atoms with E-state index in [1.165, 1.54) is 0 Å². The van der Waals surface area contributed by atoms with Crippen LogP contribution in [0.4, 0.5) is 8.78 Å². The molecule has 2 heterocycles. The first-order valence-corrected chi connectivity index (χ1v) is 10.7. The molecule has 178 valence electrons. The van der Waals surface area contributed by atoms with E-state index in [1.807, 2.05) is 24.3 Å². The number of aliphatic hydroxyl groups excluding tert-OH is 3. The predicted octanol–water partition coefficient (Wildman–Crippen LogP) is 2.92. The molecule has 3 N–H and O–H groups in total. The molecule has 3 aromatic rings. The molecule has 7 nitrogen and oxygen atoms in total. The Balaban J connectivity index is 1.42. The number of nitrogens with zero attached hydrogens (tertiary/aromatic N) is 2. The minimum absolute atomic E-state index is 0.225. The molecule has 0 bridgehead atoms. The lowest BCUT2D eigenvalue weighted by Crippen LogP contribution is -2.38. The van der Waals surface area contributed by atoms with Crippen LogP contribution < -0.4 is 4.74 Å². The van der Waals surface area contributed by atoms with E-state index in [1.54, 1.807) is 48.1 Å². The summed E-state index contributed by atoms with van der Waals surface area (Å²) in [5.74, 6) is 6.82. The van der Waals surface area contributed by atoms with Crippen molar-refractivity contribution in [1.29, 1.82) is 0 Å². The molecular weight excluding hydrogens is 446 g/mol. The van der Waals surface area contributed by atoms with E-state index in [0.29, 0.717) is 11.6 Å². The number of ether oxygens (including phenoxy) is 2. The molecule has 0 radical (unpaired) electrons. The van der Waals surface area contributed by atoms with Gasteiger partial charge in [-0.1, -0.05) is 36.1 Å². The van der Waals surface area contributed by atoms with Crippen molar-refractivity contribution in [3.05, 3.63) is 72.3 Å². The summed E-state index contributed by atoms with van der Waals surface area (Å²) in [7, 11) is 0. The minimum atomic E-state index is -3.61. The fourth-order valence-electron chi connectivity index (χ4n) is 3.61. The number of imidazole rings is 1. The summed E-state index contributed by atoms with van der Waals surface area (Å²) in [6.07, 6.45) is -4.32. The summed E-state index contributed by atoms with van der Waals surface area (Å²) in [6, 6.07) is 13.8. The monoisotopic (exact) mass is 470 g/mol. The predicted molar refractivity (Wildman–Crippen MR) is 119 cm³/mol. The third-order valence-electron chi connectivity index (χ3n) is 5.46. The Kier molecular flexibility index (Phi) is 6.95. The second kappa shape index (κ2) is 9.91. The molecule has 1 aromatic heterocycles. The second-order valence-corrected chi connectivity index (χ2v) is 7.91. The van der Waals surface area contributed by atoms with Crippen LogP contribution in [-0.4, -0.2) is 56.4 Å². The zero-order valence-electron chi connectivity index (χ0n) is 18.3. The van der Waals surface area contributed by atoms with Gasteiger partial charge in [0.1, 0.15) is 23.7 Å². The van der Waals surface area contributed by atoms with Crippen molar-refractivity contribution >= 4 is 0 Å². The van der Waals surface area contributed by atoms with Crippen LogP contribution in [0.5, 0.6) is 5.75 Å². The van der Waals surface area contributed by atoms with Crippen molar-refractivity contribution in [2.24, 2.45) is 0 Å². The highest BCUT2D eigenvalue weighted by Crippen LogP contribution is 2.32. The van der Waals surface area contributed by atoms with E-state index in [9.17, 15) is 24.1 Å². The minimum Gasteiger partial charge on any atom is -0.485 e. The topological polar surface area (TPSA) is 97.0 Å². The van der Waals surface area contributed by atoms with Gasteiger partial charge in [-0.3, -0.25) is 0 Å². The molecule has 1 aliphatic heterocycles. The molecular formula is C25H24F2N2O5. The molecule has 2 aromatic carbocycles. The van der Waals surface area contributed by atoms with Gasteiger partial charge < -0.3 is 29.4 Å². The zero-order chi connectivity index (χ0) is 24.3. The van der Waals surface area contributed by atoms with Gasteiger partial charge >= 0.3 is 6.11 Å². The maximum absolute atomic E-state index is 13.3. The average molecular weight is 470 g/mol. The smallest absolute Gasteiger partial charge is 0.385 e. The van der Waals surface area contributed by atoms with Gasteiger partial charge in [-0.15, -0.1) is 0 Å². The number of hydrogen-bond acceptors (Lipinski definition) is 6. The van der Waals surface area contributed by atoms with Crippen molar-refractivity contribution in [3.63, 3.8) is 0 Å². The molecule has 0 amide bonds. The Morgan fingerprint density at radius 1 is 1.18 bits per heavy atom. The lowest BCUT2D eigenvalue weighted by atomic mass is 10.0. The van der Waals surface area contributed by atoms with E-state index in [0.717, 1.165) is 16.7 Å². The number of rotatable bonds is 6. The second-order valence-electron chi connectivity index (χ2n) is 7.91. The largest absolute Gasteiger partial charge is 0.485 e. The first kappa shape index (κ1) is 23.9. The lowest BCUT2D eigenvalue weighted by Gasteiger charge is -2.17. The molecule has 1 fully saturated rings. The van der Waals surface area contributed by atoms with Gasteiger partial charge in [0, 0.05) is 18.0 Å². The van der Waals surface area contributed by atoms with Crippen LogP contribution in [0, 0.1) is 11.8 Å². The van der Waals surface area contributed by atoms with E-state index in [2.05, 4.69) is 21.6 Å². The fourth-order valence-corrected chi connectivity index (χ4v) is 3.61. The summed E-state index contributed by atoms with van der Waals surface area (Å²) >= 11 is 0. The average Bonchev–Trinajstić information content (AvgIpc) is 3.41. The molecule has 0 aliphatic carbocycles. The van der Waals surface area contributed by atoms with Gasteiger partial charge in [0.2, 0.25) is 0 Å². The number of alkyl halides is 2. The van der Waals surface area contributed by atoms with E-state index in [4.69, 9.17) is 4.74 Å². The highest BCUT2D eigenvalue weighted by atomic mass is 19.3. The quantitative estimate of drug-likeness (QED) is 0.480. The van der Waals surface area contributed by atoms with Gasteiger partial charge in [0.05, 0.1) is 13.2 Å². The van der Waals surface area contributed by atoms with Crippen LogP contribution in [0.15, 0.2) is 60.9 Å². The Hall–Kier alpha value is -3.29. The molecule has 4 atom stereocenters. The van der Waals surface area contributed by atoms with Gasteiger partial charge in [-0.05, 0) is 42.3 Å². The first-order chi connectivity index (χ1) is 16.3. The van der Waals surface area contributed by atoms with Gasteiger partial charge in [-0.25, -0.2) is 4.98 Å². The number of aliphatic hydroxyl groups is 3. The van der Waals surface area contributed by atoms with E-state index < -0.39 is 37.1 Å². The Morgan fingerprint density at radius 2 is 1.82 bits per heavy atom. The van der Waals surface area contributed by atoms with Crippen LogP contribution >= 0.6 is 0 Å². The van der Waals surface area contributed by atoms with Crippen LogP contribution in [0.3, 0.4) is 0 Å².